The summed E-state index contributed by atoms with van der Waals surface area (Å²) in [4.78, 5) is 24.1. The molecule has 34 heavy (non-hydrogen) atoms. The molecule has 0 saturated carbocycles. The van der Waals surface area contributed by atoms with Crippen molar-refractivity contribution in [3.63, 3.8) is 0 Å². The molecule has 0 bridgehead atoms. The minimum atomic E-state index is -3.75. The second kappa shape index (κ2) is 10.9. The number of ether oxygens (including phenoxy) is 1. The molecule has 0 unspecified atom stereocenters. The smallest absolute Gasteiger partial charge is 0.241 e. The number of halogens is 1. The van der Waals surface area contributed by atoms with Crippen LogP contribution in [0.25, 0.3) is 0 Å². The van der Waals surface area contributed by atoms with Crippen LogP contribution in [0, 0.1) is 5.82 Å². The topological polar surface area (TPSA) is 92.8 Å². The van der Waals surface area contributed by atoms with Crippen LogP contribution in [-0.4, -0.2) is 32.9 Å². The van der Waals surface area contributed by atoms with Crippen molar-refractivity contribution < 1.29 is 27.1 Å². The van der Waals surface area contributed by atoms with E-state index < -0.39 is 22.5 Å². The van der Waals surface area contributed by atoms with E-state index in [4.69, 9.17) is 4.74 Å². The van der Waals surface area contributed by atoms with Gasteiger partial charge in [0.15, 0.2) is 5.78 Å². The van der Waals surface area contributed by atoms with E-state index in [1.807, 2.05) is 0 Å². The van der Waals surface area contributed by atoms with Crippen molar-refractivity contribution in [2.45, 2.75) is 20.1 Å². The molecule has 0 aliphatic rings. The van der Waals surface area contributed by atoms with Crippen LogP contribution < -0.4 is 14.4 Å². The van der Waals surface area contributed by atoms with Crippen LogP contribution >= 0.6 is 0 Å². The van der Waals surface area contributed by atoms with E-state index in [2.05, 4.69) is 5.32 Å². The minimum Gasteiger partial charge on any atom is -0.489 e. The van der Waals surface area contributed by atoms with Crippen LogP contribution in [0.4, 0.5) is 10.1 Å². The largest absolute Gasteiger partial charge is 0.489 e. The molecule has 9 heteroatoms. The van der Waals surface area contributed by atoms with Gasteiger partial charge in [-0.2, -0.15) is 0 Å². The van der Waals surface area contributed by atoms with Gasteiger partial charge in [0.25, 0.3) is 0 Å². The van der Waals surface area contributed by atoms with Crippen LogP contribution in [-0.2, 0) is 28.0 Å². The molecule has 3 aromatic carbocycles. The number of hydrogen-bond acceptors (Lipinski definition) is 5. The Hall–Kier alpha value is -3.72. The third-order valence-corrected chi connectivity index (χ3v) is 6.10. The third kappa shape index (κ3) is 7.14. The molecule has 0 radical (unpaired) electrons. The van der Waals surface area contributed by atoms with Gasteiger partial charge in [-0.25, -0.2) is 12.8 Å². The van der Waals surface area contributed by atoms with Crippen molar-refractivity contribution >= 4 is 27.4 Å². The maximum absolute atomic E-state index is 13.0. The highest BCUT2D eigenvalue weighted by atomic mass is 32.2. The highest BCUT2D eigenvalue weighted by Crippen LogP contribution is 2.19. The molecule has 0 fully saturated rings. The summed E-state index contributed by atoms with van der Waals surface area (Å²) < 4.78 is 44.1. The SMILES string of the molecule is CC(=O)c1cccc(N(CC(=O)NCc2ccc(OCc3ccc(F)cc3)cc2)S(C)(=O)=O)c1. The van der Waals surface area contributed by atoms with Gasteiger partial charge >= 0.3 is 0 Å². The van der Waals surface area contributed by atoms with Gasteiger partial charge in [-0.3, -0.25) is 13.9 Å². The zero-order valence-corrected chi connectivity index (χ0v) is 19.6. The first-order valence-electron chi connectivity index (χ1n) is 10.4. The maximum Gasteiger partial charge on any atom is 0.241 e. The lowest BCUT2D eigenvalue weighted by atomic mass is 10.1. The van der Waals surface area contributed by atoms with Crippen LogP contribution in [0.15, 0.2) is 72.8 Å². The Kier molecular flexibility index (Phi) is 8.01. The van der Waals surface area contributed by atoms with Crippen LogP contribution in [0.5, 0.6) is 5.75 Å². The number of benzene rings is 3. The molecule has 178 valence electrons. The van der Waals surface area contributed by atoms with Crippen LogP contribution in [0.2, 0.25) is 0 Å². The number of carbonyl (C=O) groups excluding carboxylic acids is 2. The fraction of sp³-hybridized carbons (Fsp3) is 0.200. The summed E-state index contributed by atoms with van der Waals surface area (Å²) in [5, 5.41) is 2.70. The van der Waals surface area contributed by atoms with Crippen molar-refractivity contribution in [2.24, 2.45) is 0 Å². The fourth-order valence-corrected chi connectivity index (χ4v) is 3.97. The van der Waals surface area contributed by atoms with Gasteiger partial charge in [0.1, 0.15) is 24.7 Å². The summed E-state index contributed by atoms with van der Waals surface area (Å²) in [6.07, 6.45) is 1.01. The Morgan fingerprint density at radius 2 is 1.62 bits per heavy atom. The Morgan fingerprint density at radius 1 is 0.971 bits per heavy atom. The monoisotopic (exact) mass is 484 g/mol. The van der Waals surface area contributed by atoms with Crippen molar-refractivity contribution in [3.8, 4) is 5.75 Å². The first-order chi connectivity index (χ1) is 16.1. The lowest BCUT2D eigenvalue weighted by molar-refractivity contribution is -0.119. The summed E-state index contributed by atoms with van der Waals surface area (Å²) in [5.74, 6) is -0.382. The van der Waals surface area contributed by atoms with Gasteiger partial charge in [-0.15, -0.1) is 0 Å². The molecule has 1 N–H and O–H groups in total. The van der Waals surface area contributed by atoms with Gasteiger partial charge in [0, 0.05) is 12.1 Å². The second-order valence-corrected chi connectivity index (χ2v) is 9.62. The number of carbonyl (C=O) groups is 2. The molecular weight excluding hydrogens is 459 g/mol. The quantitative estimate of drug-likeness (QED) is 0.443. The van der Waals surface area contributed by atoms with E-state index in [1.54, 1.807) is 48.5 Å². The number of hydrogen-bond donors (Lipinski definition) is 1. The Balaban J connectivity index is 1.57. The summed E-state index contributed by atoms with van der Waals surface area (Å²) in [6.45, 7) is 1.46. The Bertz CT molecular complexity index is 1260. The Labute approximate surface area is 198 Å². The van der Waals surface area contributed by atoms with E-state index in [9.17, 15) is 22.4 Å². The van der Waals surface area contributed by atoms with Crippen molar-refractivity contribution in [2.75, 3.05) is 17.1 Å². The van der Waals surface area contributed by atoms with E-state index in [0.29, 0.717) is 17.9 Å². The van der Waals surface area contributed by atoms with E-state index in [-0.39, 0.29) is 23.8 Å². The van der Waals surface area contributed by atoms with Gasteiger partial charge in [-0.1, -0.05) is 36.4 Å². The van der Waals surface area contributed by atoms with Gasteiger partial charge in [0.05, 0.1) is 11.9 Å². The molecule has 0 saturated heterocycles. The number of ketones is 1. The molecule has 0 heterocycles. The summed E-state index contributed by atoms with van der Waals surface area (Å²) in [6, 6.07) is 19.2. The molecule has 0 aliphatic heterocycles. The summed E-state index contributed by atoms with van der Waals surface area (Å²) >= 11 is 0. The highest BCUT2D eigenvalue weighted by Gasteiger charge is 2.21. The fourth-order valence-electron chi connectivity index (χ4n) is 3.12. The Morgan fingerprint density at radius 3 is 2.24 bits per heavy atom. The zero-order chi connectivity index (χ0) is 24.7. The number of sulfonamides is 1. The first kappa shape index (κ1) is 24.9. The zero-order valence-electron chi connectivity index (χ0n) is 18.8. The number of anilines is 1. The number of rotatable bonds is 10. The lowest BCUT2D eigenvalue weighted by Crippen LogP contribution is -2.40. The molecule has 1 amide bonds. The summed E-state index contributed by atoms with van der Waals surface area (Å²) in [7, 11) is -3.75. The number of nitrogens with zero attached hydrogens (tertiary/aromatic N) is 1. The first-order valence-corrected chi connectivity index (χ1v) is 12.3. The van der Waals surface area contributed by atoms with Crippen molar-refractivity contribution in [1.29, 1.82) is 0 Å². The molecule has 0 atom stereocenters. The molecule has 3 aromatic rings. The maximum atomic E-state index is 13.0. The highest BCUT2D eigenvalue weighted by molar-refractivity contribution is 7.92. The molecule has 0 aliphatic carbocycles. The normalized spacial score (nSPS) is 11.0. The predicted octanol–water partition coefficient (Wildman–Crippen LogP) is 3.69. The van der Waals surface area contributed by atoms with Crippen LogP contribution in [0.3, 0.4) is 0 Å². The predicted molar refractivity (Wildman–Crippen MR) is 128 cm³/mol. The van der Waals surface area contributed by atoms with Crippen LogP contribution in [0.1, 0.15) is 28.4 Å². The number of nitrogens with one attached hydrogen (secondary N) is 1. The number of amides is 1. The van der Waals surface area contributed by atoms with E-state index >= 15 is 0 Å². The standard InChI is InChI=1S/C25H25FN2O5S/c1-18(29)21-4-3-5-23(14-21)28(34(2,31)32)16-25(30)27-15-19-8-12-24(13-9-19)33-17-20-6-10-22(26)11-7-20/h3-14H,15-17H2,1-2H3,(H,27,30). The van der Waals surface area contributed by atoms with Crippen molar-refractivity contribution in [3.05, 3.63) is 95.3 Å². The van der Waals surface area contributed by atoms with Gasteiger partial charge < -0.3 is 10.1 Å². The van der Waals surface area contributed by atoms with Gasteiger partial charge in [-0.05, 0) is 54.4 Å². The third-order valence-electron chi connectivity index (χ3n) is 4.96. The molecular formula is C25H25FN2O5S. The molecule has 7 nitrogen and oxygen atoms in total. The van der Waals surface area contributed by atoms with E-state index in [1.165, 1.54) is 31.2 Å². The molecule has 0 aromatic heterocycles. The average Bonchev–Trinajstić information content (AvgIpc) is 2.81. The lowest BCUT2D eigenvalue weighted by Gasteiger charge is -2.22. The van der Waals surface area contributed by atoms with Crippen molar-refractivity contribution in [1.82, 2.24) is 5.32 Å². The number of Topliss-reactive ketones (excluding diaryl/α,β-unsaturated/α-hetero) is 1. The minimum absolute atomic E-state index is 0.197. The van der Waals surface area contributed by atoms with E-state index in [0.717, 1.165) is 21.7 Å². The average molecular weight is 485 g/mol. The second-order valence-electron chi connectivity index (χ2n) is 7.71. The van der Waals surface area contributed by atoms with Gasteiger partial charge in [0.2, 0.25) is 15.9 Å². The molecule has 0 spiro atoms. The molecule has 3 rings (SSSR count). The summed E-state index contributed by atoms with van der Waals surface area (Å²) in [5.41, 5.74) is 2.23.